The Balaban J connectivity index is 2.37. The van der Waals surface area contributed by atoms with Crippen LogP contribution in [0.15, 0.2) is 0 Å². The number of carbonyl (C=O) groups excluding carboxylic acids is 5. The Bertz CT molecular complexity index is 1050. The average molecular weight is 462 g/mol. The molecular weight excluding hydrogens is 436 g/mol. The molecule has 0 aliphatic carbocycles. The summed E-state index contributed by atoms with van der Waals surface area (Å²) in [6.07, 6.45) is 0.00251. The lowest BCUT2D eigenvalue weighted by atomic mass is 9.83. The van der Waals surface area contributed by atoms with Gasteiger partial charge in [-0.2, -0.15) is 0 Å². The van der Waals surface area contributed by atoms with Gasteiger partial charge in [0.2, 0.25) is 11.8 Å². The first kappa shape index (κ1) is 24.0. The highest BCUT2D eigenvalue weighted by Crippen LogP contribution is 2.51. The standard InChI is InChI=1S/C22H26N2O9/c1-10-19(32-12(3)26)14-7-15-22(29)23(5)8-17(28)24(15)16(9-31-11(2)25)18(14)21(20(10)30-6)33-13(4)27/h15-16H,7-9H2,1-6H3/t15-,16+/m0/s1. The van der Waals surface area contributed by atoms with Gasteiger partial charge in [0.1, 0.15) is 18.4 Å². The van der Waals surface area contributed by atoms with Crippen LogP contribution in [0.25, 0.3) is 0 Å². The fourth-order valence-corrected chi connectivity index (χ4v) is 4.39. The van der Waals surface area contributed by atoms with E-state index < -0.39 is 30.0 Å². The number of nitrogens with zero attached hydrogens (tertiary/aromatic N) is 2. The van der Waals surface area contributed by atoms with Crippen LogP contribution in [0.1, 0.15) is 43.5 Å². The number of carbonyl (C=O) groups is 5. The first-order chi connectivity index (χ1) is 15.5. The highest BCUT2D eigenvalue weighted by atomic mass is 16.6. The molecule has 0 aromatic heterocycles. The van der Waals surface area contributed by atoms with Gasteiger partial charge in [0.25, 0.3) is 0 Å². The van der Waals surface area contributed by atoms with Gasteiger partial charge in [-0.1, -0.05) is 0 Å². The molecule has 2 heterocycles. The van der Waals surface area contributed by atoms with Crippen LogP contribution in [0.5, 0.6) is 17.2 Å². The zero-order valence-corrected chi connectivity index (χ0v) is 19.3. The van der Waals surface area contributed by atoms with Gasteiger partial charge in [-0.05, 0) is 6.92 Å². The fraction of sp³-hybridized carbons (Fsp3) is 0.500. The molecule has 33 heavy (non-hydrogen) atoms. The third-order valence-corrected chi connectivity index (χ3v) is 5.60. The van der Waals surface area contributed by atoms with Gasteiger partial charge in [-0.3, -0.25) is 24.0 Å². The summed E-state index contributed by atoms with van der Waals surface area (Å²) in [7, 11) is 2.88. The number of hydrogen-bond donors (Lipinski definition) is 0. The van der Waals surface area contributed by atoms with E-state index in [1.165, 1.54) is 44.7 Å². The van der Waals surface area contributed by atoms with E-state index >= 15 is 0 Å². The van der Waals surface area contributed by atoms with E-state index in [0.717, 1.165) is 0 Å². The zero-order valence-electron chi connectivity index (χ0n) is 19.3. The third-order valence-electron chi connectivity index (χ3n) is 5.60. The van der Waals surface area contributed by atoms with E-state index in [2.05, 4.69) is 0 Å². The van der Waals surface area contributed by atoms with E-state index in [9.17, 15) is 24.0 Å². The SMILES string of the molecule is COc1c(C)c(OC(C)=O)c2c(c1OC(C)=O)[C@@H](COC(C)=O)N1C(=O)CN(C)C(=O)[C@@H]1C2. The van der Waals surface area contributed by atoms with Gasteiger partial charge in [0.15, 0.2) is 11.5 Å². The number of likely N-dealkylation sites (N-methyl/N-ethyl adjacent to an activating group) is 1. The number of hydrogen-bond acceptors (Lipinski definition) is 9. The Morgan fingerprint density at radius 2 is 1.58 bits per heavy atom. The molecule has 1 aromatic carbocycles. The fourth-order valence-electron chi connectivity index (χ4n) is 4.39. The second-order valence-corrected chi connectivity index (χ2v) is 7.93. The van der Waals surface area contributed by atoms with Crippen molar-refractivity contribution in [1.82, 2.24) is 9.80 Å². The molecule has 2 aliphatic heterocycles. The highest BCUT2D eigenvalue weighted by molar-refractivity contribution is 5.96. The molecule has 11 heteroatoms. The maximum atomic E-state index is 13.0. The molecule has 1 aromatic rings. The van der Waals surface area contributed by atoms with Crippen LogP contribution in [0.3, 0.4) is 0 Å². The Morgan fingerprint density at radius 1 is 0.970 bits per heavy atom. The first-order valence-corrected chi connectivity index (χ1v) is 10.3. The van der Waals surface area contributed by atoms with Crippen molar-refractivity contribution in [2.45, 2.75) is 46.2 Å². The molecule has 2 aliphatic rings. The molecule has 0 radical (unpaired) electrons. The summed E-state index contributed by atoms with van der Waals surface area (Å²) in [6.45, 7) is 4.81. The van der Waals surface area contributed by atoms with Crippen molar-refractivity contribution >= 4 is 29.7 Å². The van der Waals surface area contributed by atoms with Crippen LogP contribution in [0, 0.1) is 6.92 Å². The first-order valence-electron chi connectivity index (χ1n) is 10.3. The molecule has 1 saturated heterocycles. The molecule has 0 unspecified atom stereocenters. The van der Waals surface area contributed by atoms with E-state index in [4.69, 9.17) is 18.9 Å². The predicted octanol–water partition coefficient (Wildman–Crippen LogP) is 0.684. The summed E-state index contributed by atoms with van der Waals surface area (Å²) in [5, 5.41) is 0. The monoisotopic (exact) mass is 462 g/mol. The van der Waals surface area contributed by atoms with Gasteiger partial charge < -0.3 is 28.7 Å². The Kier molecular flexibility index (Phi) is 6.61. The van der Waals surface area contributed by atoms with Crippen molar-refractivity contribution in [2.24, 2.45) is 0 Å². The molecule has 2 amide bonds. The van der Waals surface area contributed by atoms with E-state index in [-0.39, 0.29) is 54.2 Å². The second kappa shape index (κ2) is 9.08. The lowest BCUT2D eigenvalue weighted by Gasteiger charge is -2.47. The molecule has 0 bridgehead atoms. The van der Waals surface area contributed by atoms with E-state index in [1.807, 2.05) is 0 Å². The Labute approximate surface area is 190 Å². The molecule has 0 spiro atoms. The van der Waals surface area contributed by atoms with Crippen molar-refractivity contribution < 1.29 is 42.9 Å². The number of benzene rings is 1. The number of fused-ring (bicyclic) bond motifs is 2. The maximum Gasteiger partial charge on any atom is 0.308 e. The number of ether oxygens (including phenoxy) is 4. The van der Waals surface area contributed by atoms with Gasteiger partial charge in [0.05, 0.1) is 19.7 Å². The van der Waals surface area contributed by atoms with Crippen molar-refractivity contribution in [3.8, 4) is 17.2 Å². The minimum Gasteiger partial charge on any atom is -0.492 e. The lowest BCUT2D eigenvalue weighted by Crippen LogP contribution is -2.62. The van der Waals surface area contributed by atoms with Gasteiger partial charge in [-0.25, -0.2) is 0 Å². The van der Waals surface area contributed by atoms with Gasteiger partial charge >= 0.3 is 17.9 Å². The van der Waals surface area contributed by atoms with Gasteiger partial charge in [-0.15, -0.1) is 0 Å². The van der Waals surface area contributed by atoms with E-state index in [0.29, 0.717) is 11.1 Å². The summed E-state index contributed by atoms with van der Waals surface area (Å²) < 4.78 is 21.7. The minimum atomic E-state index is -0.981. The Morgan fingerprint density at radius 3 is 2.12 bits per heavy atom. The van der Waals surface area contributed by atoms with Crippen LogP contribution >= 0.6 is 0 Å². The molecule has 11 nitrogen and oxygen atoms in total. The van der Waals surface area contributed by atoms with Crippen molar-refractivity contribution in [1.29, 1.82) is 0 Å². The molecule has 1 fully saturated rings. The summed E-state index contributed by atoms with van der Waals surface area (Å²) in [5.41, 5.74) is 1.06. The molecular formula is C22H26N2O9. The van der Waals surface area contributed by atoms with E-state index in [1.54, 1.807) is 6.92 Å². The minimum absolute atomic E-state index is 0.00251. The van der Waals surface area contributed by atoms with Crippen LogP contribution < -0.4 is 14.2 Å². The van der Waals surface area contributed by atoms with Crippen molar-refractivity contribution in [2.75, 3.05) is 27.3 Å². The largest absolute Gasteiger partial charge is 0.492 e. The van der Waals surface area contributed by atoms with Crippen molar-refractivity contribution in [3.63, 3.8) is 0 Å². The maximum absolute atomic E-state index is 13.0. The van der Waals surface area contributed by atoms with Crippen molar-refractivity contribution in [3.05, 3.63) is 16.7 Å². The van der Waals surface area contributed by atoms with Crippen LogP contribution in [0.2, 0.25) is 0 Å². The van der Waals surface area contributed by atoms with Crippen LogP contribution in [0.4, 0.5) is 0 Å². The van der Waals surface area contributed by atoms with Crippen LogP contribution in [-0.4, -0.2) is 72.9 Å². The molecule has 178 valence electrons. The quantitative estimate of drug-likeness (QED) is 0.458. The smallest absolute Gasteiger partial charge is 0.308 e. The number of methoxy groups -OCH3 is 1. The normalized spacial score (nSPS) is 19.5. The number of rotatable bonds is 5. The number of amides is 2. The lowest BCUT2D eigenvalue weighted by molar-refractivity contribution is -0.161. The summed E-state index contributed by atoms with van der Waals surface area (Å²) in [6, 6.07) is -1.90. The molecule has 0 N–H and O–H groups in total. The predicted molar refractivity (Wildman–Crippen MR) is 112 cm³/mol. The highest BCUT2D eigenvalue weighted by Gasteiger charge is 2.49. The second-order valence-electron chi connectivity index (χ2n) is 7.93. The van der Waals surface area contributed by atoms with Crippen LogP contribution in [-0.2, 0) is 35.1 Å². The molecule has 3 rings (SSSR count). The molecule has 2 atom stereocenters. The molecule has 0 saturated carbocycles. The zero-order chi connectivity index (χ0) is 24.6. The number of esters is 3. The van der Waals surface area contributed by atoms with Gasteiger partial charge in [0, 0.05) is 50.9 Å². The number of piperazine rings is 1. The average Bonchev–Trinajstić information content (AvgIpc) is 2.71. The summed E-state index contributed by atoms with van der Waals surface area (Å²) in [4.78, 5) is 64.2. The topological polar surface area (TPSA) is 129 Å². The summed E-state index contributed by atoms with van der Waals surface area (Å²) >= 11 is 0. The third kappa shape index (κ3) is 4.35. The summed E-state index contributed by atoms with van der Waals surface area (Å²) in [5.74, 6) is -2.25. The Hall–Kier alpha value is -3.63.